The summed E-state index contributed by atoms with van der Waals surface area (Å²) in [5, 5.41) is 4.11. The number of amides is 1. The highest BCUT2D eigenvalue weighted by molar-refractivity contribution is 6.30. The first-order valence-electron chi connectivity index (χ1n) is 7.35. The quantitative estimate of drug-likeness (QED) is 0.776. The summed E-state index contributed by atoms with van der Waals surface area (Å²) in [5.74, 6) is 0.249. The van der Waals surface area contributed by atoms with Gasteiger partial charge in [-0.25, -0.2) is 0 Å². The molecule has 21 heavy (non-hydrogen) atoms. The summed E-state index contributed by atoms with van der Waals surface area (Å²) in [6.45, 7) is 10.3. The van der Waals surface area contributed by atoms with E-state index in [0.29, 0.717) is 10.9 Å². The maximum absolute atomic E-state index is 11.3. The van der Waals surface area contributed by atoms with E-state index in [4.69, 9.17) is 17.3 Å². The highest BCUT2D eigenvalue weighted by atomic mass is 35.5. The van der Waals surface area contributed by atoms with E-state index in [-0.39, 0.29) is 18.5 Å². The maximum atomic E-state index is 11.3. The Morgan fingerprint density at radius 3 is 2.52 bits per heavy atom. The van der Waals surface area contributed by atoms with Crippen LogP contribution in [0.4, 0.5) is 5.69 Å². The lowest BCUT2D eigenvalue weighted by atomic mass is 10.1. The predicted octanol–water partition coefficient (Wildman–Crippen LogP) is 2.79. The summed E-state index contributed by atoms with van der Waals surface area (Å²) in [4.78, 5) is 13.3. The van der Waals surface area contributed by atoms with Crippen LogP contribution in [-0.2, 0) is 11.3 Å². The van der Waals surface area contributed by atoms with E-state index in [1.807, 2.05) is 36.9 Å². The smallest absolute Gasteiger partial charge is 0.236 e. The molecule has 1 rings (SSSR count). The number of primary amides is 1. The van der Waals surface area contributed by atoms with Crippen molar-refractivity contribution in [2.45, 2.75) is 40.3 Å². The third-order valence-corrected chi connectivity index (χ3v) is 3.40. The van der Waals surface area contributed by atoms with Crippen LogP contribution < -0.4 is 16.0 Å². The van der Waals surface area contributed by atoms with E-state index in [1.54, 1.807) is 0 Å². The molecule has 0 aromatic heterocycles. The van der Waals surface area contributed by atoms with Gasteiger partial charge in [0.2, 0.25) is 5.91 Å². The summed E-state index contributed by atoms with van der Waals surface area (Å²) in [6.07, 6.45) is 0. The van der Waals surface area contributed by atoms with Crippen molar-refractivity contribution < 1.29 is 4.79 Å². The number of nitrogens with zero attached hydrogens (tertiary/aromatic N) is 1. The van der Waals surface area contributed by atoms with Crippen molar-refractivity contribution in [1.29, 1.82) is 0 Å². The Balaban J connectivity index is 2.99. The summed E-state index contributed by atoms with van der Waals surface area (Å²) < 4.78 is 0. The molecule has 1 aromatic carbocycles. The van der Waals surface area contributed by atoms with Crippen molar-refractivity contribution in [2.24, 2.45) is 11.7 Å². The third-order valence-electron chi connectivity index (χ3n) is 3.17. The molecule has 0 saturated heterocycles. The molecule has 0 aliphatic rings. The number of rotatable bonds is 8. The number of carbonyl (C=O) groups excluding carboxylic acids is 1. The summed E-state index contributed by atoms with van der Waals surface area (Å²) in [5.41, 5.74) is 7.45. The van der Waals surface area contributed by atoms with Crippen molar-refractivity contribution in [3.63, 3.8) is 0 Å². The number of benzene rings is 1. The molecule has 4 nitrogen and oxygen atoms in total. The average Bonchev–Trinajstić information content (AvgIpc) is 2.35. The molecule has 3 N–H and O–H groups in total. The van der Waals surface area contributed by atoms with Crippen LogP contribution in [0.15, 0.2) is 18.2 Å². The minimum Gasteiger partial charge on any atom is -0.368 e. The first kappa shape index (κ1) is 17.8. The standard InChI is InChI=1S/C16H26ClN3O/c1-11(2)8-19-9-13-7-14(17)5-6-15(13)20(12(3)4)10-16(18)21/h5-7,11-12,19H,8-10H2,1-4H3,(H2,18,21). The first-order valence-corrected chi connectivity index (χ1v) is 7.73. The third kappa shape index (κ3) is 5.94. The van der Waals surface area contributed by atoms with Crippen LogP contribution in [0.5, 0.6) is 0 Å². The van der Waals surface area contributed by atoms with E-state index in [1.165, 1.54) is 0 Å². The Morgan fingerprint density at radius 2 is 2.00 bits per heavy atom. The van der Waals surface area contributed by atoms with Gasteiger partial charge in [0.1, 0.15) is 0 Å². The molecule has 1 amide bonds. The Morgan fingerprint density at radius 1 is 1.33 bits per heavy atom. The van der Waals surface area contributed by atoms with Gasteiger partial charge in [0, 0.05) is 23.3 Å². The zero-order valence-electron chi connectivity index (χ0n) is 13.3. The van der Waals surface area contributed by atoms with Crippen LogP contribution >= 0.6 is 11.6 Å². The average molecular weight is 312 g/mol. The molecule has 5 heteroatoms. The fourth-order valence-corrected chi connectivity index (χ4v) is 2.38. The minimum atomic E-state index is -0.334. The van der Waals surface area contributed by atoms with Gasteiger partial charge in [-0.2, -0.15) is 0 Å². The SMILES string of the molecule is CC(C)CNCc1cc(Cl)ccc1N(CC(N)=O)C(C)C. The normalized spacial score (nSPS) is 11.2. The molecule has 0 heterocycles. The monoisotopic (exact) mass is 311 g/mol. The zero-order chi connectivity index (χ0) is 16.0. The molecule has 1 aromatic rings. The molecule has 0 fully saturated rings. The van der Waals surface area contributed by atoms with Gasteiger partial charge in [-0.15, -0.1) is 0 Å². The molecule has 0 aliphatic carbocycles. The molecule has 0 radical (unpaired) electrons. The van der Waals surface area contributed by atoms with Gasteiger partial charge in [0.15, 0.2) is 0 Å². The number of nitrogens with one attached hydrogen (secondary N) is 1. The van der Waals surface area contributed by atoms with Crippen LogP contribution in [0.3, 0.4) is 0 Å². The minimum absolute atomic E-state index is 0.183. The molecule has 0 atom stereocenters. The number of hydrogen-bond donors (Lipinski definition) is 2. The Labute approximate surface area is 132 Å². The van der Waals surface area contributed by atoms with Gasteiger partial charge in [0.05, 0.1) is 6.54 Å². The van der Waals surface area contributed by atoms with Gasteiger partial charge in [-0.1, -0.05) is 25.4 Å². The topological polar surface area (TPSA) is 58.4 Å². The zero-order valence-corrected chi connectivity index (χ0v) is 14.1. The lowest BCUT2D eigenvalue weighted by Crippen LogP contribution is -2.39. The van der Waals surface area contributed by atoms with Gasteiger partial charge in [0.25, 0.3) is 0 Å². The van der Waals surface area contributed by atoms with E-state index >= 15 is 0 Å². The molecule has 0 saturated carbocycles. The van der Waals surface area contributed by atoms with Gasteiger partial charge in [-0.3, -0.25) is 4.79 Å². The molecular formula is C16H26ClN3O. The van der Waals surface area contributed by atoms with Crippen LogP contribution in [0.1, 0.15) is 33.3 Å². The molecular weight excluding hydrogens is 286 g/mol. The van der Waals surface area contributed by atoms with Crippen molar-refractivity contribution in [3.05, 3.63) is 28.8 Å². The predicted molar refractivity (Wildman–Crippen MR) is 89.7 cm³/mol. The van der Waals surface area contributed by atoms with Gasteiger partial charge < -0.3 is 16.0 Å². The summed E-state index contributed by atoms with van der Waals surface area (Å²) in [6, 6.07) is 5.93. The fraction of sp³-hybridized carbons (Fsp3) is 0.562. The number of carbonyl (C=O) groups is 1. The molecule has 118 valence electrons. The second-order valence-corrected chi connectivity index (χ2v) is 6.42. The van der Waals surface area contributed by atoms with Crippen LogP contribution in [-0.4, -0.2) is 25.0 Å². The fourth-order valence-electron chi connectivity index (χ4n) is 2.19. The van der Waals surface area contributed by atoms with E-state index in [2.05, 4.69) is 19.2 Å². The summed E-state index contributed by atoms with van der Waals surface area (Å²) >= 11 is 6.11. The van der Waals surface area contributed by atoms with Crippen molar-refractivity contribution in [2.75, 3.05) is 18.0 Å². The Hall–Kier alpha value is -1.26. The van der Waals surface area contributed by atoms with Crippen molar-refractivity contribution in [3.8, 4) is 0 Å². The highest BCUT2D eigenvalue weighted by Crippen LogP contribution is 2.26. The maximum Gasteiger partial charge on any atom is 0.236 e. The summed E-state index contributed by atoms with van der Waals surface area (Å²) in [7, 11) is 0. The van der Waals surface area contributed by atoms with Crippen molar-refractivity contribution >= 4 is 23.2 Å². The van der Waals surface area contributed by atoms with Crippen LogP contribution in [0.2, 0.25) is 5.02 Å². The molecule has 0 aliphatic heterocycles. The lowest BCUT2D eigenvalue weighted by Gasteiger charge is -2.30. The Bertz CT molecular complexity index is 475. The van der Waals surface area contributed by atoms with Gasteiger partial charge in [-0.05, 0) is 50.1 Å². The van der Waals surface area contributed by atoms with Gasteiger partial charge >= 0.3 is 0 Å². The molecule has 0 spiro atoms. The number of anilines is 1. The largest absolute Gasteiger partial charge is 0.368 e. The highest BCUT2D eigenvalue weighted by Gasteiger charge is 2.16. The van der Waals surface area contributed by atoms with Crippen LogP contribution in [0.25, 0.3) is 0 Å². The Kier molecular flexibility index (Phi) is 6.99. The van der Waals surface area contributed by atoms with E-state index in [9.17, 15) is 4.79 Å². The first-order chi connectivity index (χ1) is 9.81. The number of nitrogens with two attached hydrogens (primary N) is 1. The second-order valence-electron chi connectivity index (χ2n) is 5.99. The van der Waals surface area contributed by atoms with E-state index < -0.39 is 0 Å². The number of halogens is 1. The second kappa shape index (κ2) is 8.25. The molecule has 0 bridgehead atoms. The number of hydrogen-bond acceptors (Lipinski definition) is 3. The van der Waals surface area contributed by atoms with E-state index in [0.717, 1.165) is 24.3 Å². The van der Waals surface area contributed by atoms with Crippen LogP contribution in [0, 0.1) is 5.92 Å². The molecule has 0 unspecified atom stereocenters. The lowest BCUT2D eigenvalue weighted by molar-refractivity contribution is -0.116. The van der Waals surface area contributed by atoms with Crippen molar-refractivity contribution in [1.82, 2.24) is 5.32 Å².